The summed E-state index contributed by atoms with van der Waals surface area (Å²) >= 11 is 11.6. The van der Waals surface area contributed by atoms with E-state index in [-0.39, 0.29) is 29.3 Å². The normalized spacial score (nSPS) is 10.4. The maximum atomic E-state index is 12.0. The van der Waals surface area contributed by atoms with Crippen LogP contribution in [0.4, 0.5) is 5.69 Å². The van der Waals surface area contributed by atoms with E-state index in [4.69, 9.17) is 23.2 Å². The van der Waals surface area contributed by atoms with Crippen molar-refractivity contribution < 1.29 is 9.72 Å². The van der Waals surface area contributed by atoms with Crippen LogP contribution in [0.15, 0.2) is 42.5 Å². The number of Topliss-reactive ketones (excluding diaryl/α,β-unsaturated/α-hetero) is 1. The average molecular weight is 324 g/mol. The minimum Gasteiger partial charge on any atom is -0.299 e. The summed E-state index contributed by atoms with van der Waals surface area (Å²) in [7, 11) is 0. The number of ketones is 1. The van der Waals surface area contributed by atoms with Gasteiger partial charge in [-0.25, -0.2) is 0 Å². The average Bonchev–Trinajstić information content (AvgIpc) is 2.40. The Morgan fingerprint density at radius 1 is 1.05 bits per heavy atom. The van der Waals surface area contributed by atoms with Gasteiger partial charge in [-0.2, -0.15) is 0 Å². The first kappa shape index (κ1) is 15.5. The van der Waals surface area contributed by atoms with E-state index in [1.165, 1.54) is 12.1 Å². The Balaban J connectivity index is 2.09. The first-order valence-electron chi connectivity index (χ1n) is 6.14. The highest BCUT2D eigenvalue weighted by Gasteiger charge is 2.14. The molecular weight excluding hydrogens is 313 g/mol. The molecule has 21 heavy (non-hydrogen) atoms. The second-order valence-electron chi connectivity index (χ2n) is 4.57. The highest BCUT2D eigenvalue weighted by Crippen LogP contribution is 2.25. The zero-order valence-electron chi connectivity index (χ0n) is 10.9. The Morgan fingerprint density at radius 3 is 2.33 bits per heavy atom. The molecule has 4 nitrogen and oxygen atoms in total. The van der Waals surface area contributed by atoms with Gasteiger partial charge in [-0.05, 0) is 29.3 Å². The van der Waals surface area contributed by atoms with Crippen molar-refractivity contribution in [2.24, 2.45) is 0 Å². The van der Waals surface area contributed by atoms with E-state index in [0.717, 1.165) is 5.56 Å². The van der Waals surface area contributed by atoms with E-state index in [1.807, 2.05) is 6.07 Å². The molecule has 6 heteroatoms. The largest absolute Gasteiger partial charge is 0.299 e. The van der Waals surface area contributed by atoms with Crippen LogP contribution in [0.1, 0.15) is 11.1 Å². The second kappa shape index (κ2) is 6.70. The van der Waals surface area contributed by atoms with Gasteiger partial charge < -0.3 is 0 Å². The van der Waals surface area contributed by atoms with Gasteiger partial charge in [0.25, 0.3) is 5.69 Å². The second-order valence-corrected chi connectivity index (χ2v) is 5.41. The summed E-state index contributed by atoms with van der Waals surface area (Å²) in [4.78, 5) is 22.3. The number of halogens is 2. The molecule has 2 aromatic rings. The Bertz CT molecular complexity index is 701. The molecule has 0 amide bonds. The SMILES string of the molecule is O=C(Cc1cccc(Cl)c1)Cc1ccc(Cl)c([N+](=O)[O-])c1. The van der Waals surface area contributed by atoms with Crippen molar-refractivity contribution in [3.05, 3.63) is 73.8 Å². The fourth-order valence-corrected chi connectivity index (χ4v) is 2.37. The van der Waals surface area contributed by atoms with Crippen LogP contribution in [-0.2, 0) is 17.6 Å². The van der Waals surface area contributed by atoms with Crippen molar-refractivity contribution in [3.8, 4) is 0 Å². The standard InChI is InChI=1S/C15H11Cl2NO3/c16-12-3-1-2-10(6-12)7-13(19)8-11-4-5-14(17)15(9-11)18(20)21/h1-6,9H,7-8H2. The van der Waals surface area contributed by atoms with Crippen LogP contribution >= 0.6 is 23.2 Å². The lowest BCUT2D eigenvalue weighted by Crippen LogP contribution is -2.07. The van der Waals surface area contributed by atoms with E-state index in [1.54, 1.807) is 24.3 Å². The fraction of sp³-hybridized carbons (Fsp3) is 0.133. The number of carbonyl (C=O) groups excluding carboxylic acids is 1. The molecule has 0 aromatic heterocycles. The van der Waals surface area contributed by atoms with Crippen molar-refractivity contribution in [2.45, 2.75) is 12.8 Å². The Hall–Kier alpha value is -1.91. The van der Waals surface area contributed by atoms with Gasteiger partial charge in [0, 0.05) is 23.9 Å². The minimum absolute atomic E-state index is 0.0473. The highest BCUT2D eigenvalue weighted by atomic mass is 35.5. The summed E-state index contributed by atoms with van der Waals surface area (Å²) in [6, 6.07) is 11.4. The van der Waals surface area contributed by atoms with E-state index in [9.17, 15) is 14.9 Å². The van der Waals surface area contributed by atoms with Crippen LogP contribution in [0.25, 0.3) is 0 Å². The van der Waals surface area contributed by atoms with Crippen molar-refractivity contribution in [1.82, 2.24) is 0 Å². The molecule has 0 saturated carbocycles. The number of hydrogen-bond acceptors (Lipinski definition) is 3. The third kappa shape index (κ3) is 4.28. The molecule has 2 rings (SSSR count). The van der Waals surface area contributed by atoms with E-state index >= 15 is 0 Å². The Labute approximate surface area is 131 Å². The lowest BCUT2D eigenvalue weighted by Gasteiger charge is -2.03. The van der Waals surface area contributed by atoms with E-state index in [2.05, 4.69) is 0 Å². The van der Waals surface area contributed by atoms with Crippen molar-refractivity contribution in [3.63, 3.8) is 0 Å². The maximum absolute atomic E-state index is 12.0. The molecule has 108 valence electrons. The molecule has 0 bridgehead atoms. The van der Waals surface area contributed by atoms with E-state index in [0.29, 0.717) is 10.6 Å². The Morgan fingerprint density at radius 2 is 1.71 bits per heavy atom. The topological polar surface area (TPSA) is 60.2 Å². The quantitative estimate of drug-likeness (QED) is 0.610. The van der Waals surface area contributed by atoms with Crippen LogP contribution in [-0.4, -0.2) is 10.7 Å². The predicted molar refractivity (Wildman–Crippen MR) is 82.0 cm³/mol. The molecular formula is C15H11Cl2NO3. The van der Waals surface area contributed by atoms with Crippen LogP contribution in [0.5, 0.6) is 0 Å². The van der Waals surface area contributed by atoms with Gasteiger partial charge in [0.2, 0.25) is 0 Å². The molecule has 0 atom stereocenters. The van der Waals surface area contributed by atoms with Gasteiger partial charge in [0.05, 0.1) is 4.92 Å². The molecule has 0 fully saturated rings. The smallest absolute Gasteiger partial charge is 0.288 e. The van der Waals surface area contributed by atoms with Crippen LogP contribution in [0, 0.1) is 10.1 Å². The molecule has 0 saturated heterocycles. The van der Waals surface area contributed by atoms with E-state index < -0.39 is 4.92 Å². The van der Waals surface area contributed by atoms with Gasteiger partial charge in [0.15, 0.2) is 0 Å². The minimum atomic E-state index is -0.562. The maximum Gasteiger partial charge on any atom is 0.288 e. The van der Waals surface area contributed by atoms with Crippen molar-refractivity contribution >= 4 is 34.7 Å². The zero-order chi connectivity index (χ0) is 15.4. The summed E-state index contributed by atoms with van der Waals surface area (Å²) in [5.74, 6) is -0.0473. The molecule has 0 heterocycles. The fourth-order valence-electron chi connectivity index (χ4n) is 1.97. The predicted octanol–water partition coefficient (Wildman–Crippen LogP) is 4.26. The van der Waals surface area contributed by atoms with Gasteiger partial charge in [-0.15, -0.1) is 0 Å². The highest BCUT2D eigenvalue weighted by molar-refractivity contribution is 6.32. The lowest BCUT2D eigenvalue weighted by atomic mass is 10.0. The van der Waals surface area contributed by atoms with Crippen LogP contribution in [0.2, 0.25) is 10.0 Å². The molecule has 0 aliphatic carbocycles. The summed E-state index contributed by atoms with van der Waals surface area (Å²) in [6.07, 6.45) is 0.349. The Kier molecular flexibility index (Phi) is 4.94. The molecule has 0 spiro atoms. The van der Waals surface area contributed by atoms with Gasteiger partial charge in [-0.1, -0.05) is 41.4 Å². The monoisotopic (exact) mass is 323 g/mol. The number of nitro benzene ring substituents is 1. The summed E-state index contributed by atoms with van der Waals surface area (Å²) in [5, 5.41) is 11.4. The summed E-state index contributed by atoms with van der Waals surface area (Å²) in [6.45, 7) is 0. The molecule has 2 aromatic carbocycles. The molecule has 0 aliphatic heterocycles. The zero-order valence-corrected chi connectivity index (χ0v) is 12.4. The number of benzene rings is 2. The summed E-state index contributed by atoms with van der Waals surface area (Å²) in [5.41, 5.74) is 1.19. The number of rotatable bonds is 5. The van der Waals surface area contributed by atoms with Crippen LogP contribution < -0.4 is 0 Å². The number of hydrogen-bond donors (Lipinski definition) is 0. The molecule has 0 radical (unpaired) electrons. The third-order valence-corrected chi connectivity index (χ3v) is 3.45. The first-order chi connectivity index (χ1) is 9.95. The third-order valence-electron chi connectivity index (χ3n) is 2.90. The molecule has 0 N–H and O–H groups in total. The van der Waals surface area contributed by atoms with Crippen LogP contribution in [0.3, 0.4) is 0 Å². The van der Waals surface area contributed by atoms with Gasteiger partial charge in [0.1, 0.15) is 10.8 Å². The molecule has 0 unspecified atom stereocenters. The van der Waals surface area contributed by atoms with Crippen molar-refractivity contribution in [1.29, 1.82) is 0 Å². The first-order valence-corrected chi connectivity index (χ1v) is 6.90. The van der Waals surface area contributed by atoms with Gasteiger partial charge in [-0.3, -0.25) is 14.9 Å². The number of carbonyl (C=O) groups is 1. The van der Waals surface area contributed by atoms with Gasteiger partial charge >= 0.3 is 0 Å². The number of nitrogens with zero attached hydrogens (tertiary/aromatic N) is 1. The lowest BCUT2D eigenvalue weighted by molar-refractivity contribution is -0.384. The molecule has 0 aliphatic rings. The number of nitro groups is 1. The van der Waals surface area contributed by atoms with Crippen molar-refractivity contribution in [2.75, 3.05) is 0 Å². The summed E-state index contributed by atoms with van der Waals surface area (Å²) < 4.78 is 0.